The van der Waals surface area contributed by atoms with Gasteiger partial charge in [-0.05, 0) is 61.4 Å². The number of hydrogen-bond donors (Lipinski definition) is 2. The van der Waals surface area contributed by atoms with Gasteiger partial charge in [0.15, 0.2) is 11.5 Å². The first kappa shape index (κ1) is 21.0. The standard InChI is InChI=1S/C23H24N2O5/c1-4-12-30-20-11-6-16(14-21(20)29-5-2)13-19-15(3)24-25(22(19)26)18-9-7-17(8-10-18)23(27)28/h6-11,13-14,24H,3-5,12H2,1-2H3,(H,27,28)/b19-13+. The van der Waals surface area contributed by atoms with Crippen molar-refractivity contribution in [1.82, 2.24) is 9.78 Å². The Morgan fingerprint density at radius 1 is 1.13 bits per heavy atom. The first-order chi connectivity index (χ1) is 14.4. The molecule has 0 atom stereocenters. The summed E-state index contributed by atoms with van der Waals surface area (Å²) in [6.45, 7) is 8.95. The van der Waals surface area contributed by atoms with Crippen LogP contribution in [0.3, 0.4) is 0 Å². The van der Waals surface area contributed by atoms with Gasteiger partial charge in [0.1, 0.15) is 0 Å². The second kappa shape index (κ2) is 9.17. The third-order valence-corrected chi connectivity index (χ3v) is 4.42. The zero-order valence-corrected chi connectivity index (χ0v) is 17.0. The normalized spacial score (nSPS) is 11.5. The maximum Gasteiger partial charge on any atom is 0.335 e. The van der Waals surface area contributed by atoms with Crippen LogP contribution in [0.1, 0.15) is 36.2 Å². The van der Waals surface area contributed by atoms with Gasteiger partial charge in [-0.1, -0.05) is 19.6 Å². The Morgan fingerprint density at radius 2 is 1.87 bits per heavy atom. The summed E-state index contributed by atoms with van der Waals surface area (Å²) in [5, 5.41) is 12.8. The molecule has 3 rings (SSSR count). The summed E-state index contributed by atoms with van der Waals surface area (Å²) < 4.78 is 12.7. The van der Waals surface area contributed by atoms with Crippen LogP contribution in [-0.2, 0) is 0 Å². The molecule has 1 heterocycles. The Morgan fingerprint density at radius 3 is 2.50 bits per heavy atom. The van der Waals surface area contributed by atoms with Crippen LogP contribution in [0.2, 0.25) is 0 Å². The average molecular weight is 408 g/mol. The molecule has 2 aromatic carbocycles. The van der Waals surface area contributed by atoms with Crippen LogP contribution in [-0.4, -0.2) is 34.1 Å². The van der Waals surface area contributed by atoms with Gasteiger partial charge in [-0.2, -0.15) is 0 Å². The summed E-state index contributed by atoms with van der Waals surface area (Å²) in [5.41, 5.74) is 1.16. The SMILES string of the molecule is C=c1[nH]n(-c2ccc(C(=O)O)cc2)c(=O)/c1=C/c1ccc(OCCC)c(OCC)c1. The molecule has 3 aromatic rings. The monoisotopic (exact) mass is 408 g/mol. The lowest BCUT2D eigenvalue weighted by atomic mass is 10.1. The minimum absolute atomic E-state index is 0.147. The van der Waals surface area contributed by atoms with Crippen molar-refractivity contribution in [3.05, 3.63) is 74.5 Å². The van der Waals surface area contributed by atoms with E-state index in [1.165, 1.54) is 16.8 Å². The zero-order valence-electron chi connectivity index (χ0n) is 17.0. The Hall–Kier alpha value is -3.74. The maximum atomic E-state index is 12.9. The average Bonchev–Trinajstić information content (AvgIpc) is 3.02. The molecule has 30 heavy (non-hydrogen) atoms. The molecule has 2 N–H and O–H groups in total. The lowest BCUT2D eigenvalue weighted by molar-refractivity contribution is 0.0697. The topological polar surface area (TPSA) is 93.6 Å². The summed E-state index contributed by atoms with van der Waals surface area (Å²) in [7, 11) is 0. The number of aromatic nitrogens is 2. The van der Waals surface area contributed by atoms with Crippen LogP contribution >= 0.6 is 0 Å². The van der Waals surface area contributed by atoms with Crippen molar-refractivity contribution in [2.24, 2.45) is 0 Å². The smallest absolute Gasteiger partial charge is 0.335 e. The minimum Gasteiger partial charge on any atom is -0.490 e. The van der Waals surface area contributed by atoms with E-state index in [4.69, 9.17) is 14.6 Å². The zero-order chi connectivity index (χ0) is 21.7. The van der Waals surface area contributed by atoms with Crippen molar-refractivity contribution in [2.45, 2.75) is 20.3 Å². The highest BCUT2D eigenvalue weighted by Crippen LogP contribution is 2.28. The van der Waals surface area contributed by atoms with Crippen molar-refractivity contribution in [3.63, 3.8) is 0 Å². The number of rotatable bonds is 8. The summed E-state index contributed by atoms with van der Waals surface area (Å²) in [4.78, 5) is 23.9. The number of H-pyrrole nitrogens is 1. The van der Waals surface area contributed by atoms with Crippen molar-refractivity contribution in [3.8, 4) is 17.2 Å². The Bertz CT molecular complexity index is 1210. The molecule has 0 saturated heterocycles. The number of benzene rings is 2. The van der Waals surface area contributed by atoms with Crippen molar-refractivity contribution < 1.29 is 19.4 Å². The summed E-state index contributed by atoms with van der Waals surface area (Å²) in [6.07, 6.45) is 2.62. The molecule has 0 aliphatic heterocycles. The molecule has 7 heteroatoms. The number of carbonyl (C=O) groups is 1. The van der Waals surface area contributed by atoms with E-state index in [9.17, 15) is 9.59 Å². The van der Waals surface area contributed by atoms with Gasteiger partial charge in [0.05, 0.1) is 35.0 Å². The number of ether oxygens (including phenoxy) is 2. The molecule has 0 amide bonds. The van der Waals surface area contributed by atoms with Crippen LogP contribution in [0.15, 0.2) is 47.3 Å². The number of nitrogens with zero attached hydrogens (tertiary/aromatic N) is 1. The van der Waals surface area contributed by atoms with Gasteiger partial charge in [-0.25, -0.2) is 9.48 Å². The lowest BCUT2D eigenvalue weighted by Gasteiger charge is -2.11. The molecular formula is C23H24N2O5. The van der Waals surface area contributed by atoms with Crippen molar-refractivity contribution >= 4 is 18.6 Å². The van der Waals surface area contributed by atoms with Crippen LogP contribution in [0.4, 0.5) is 0 Å². The quantitative estimate of drug-likeness (QED) is 0.597. The van der Waals surface area contributed by atoms with Crippen LogP contribution in [0.5, 0.6) is 11.5 Å². The van der Waals surface area contributed by atoms with Crippen LogP contribution < -0.4 is 25.6 Å². The van der Waals surface area contributed by atoms with Crippen LogP contribution in [0, 0.1) is 0 Å². The summed E-state index contributed by atoms with van der Waals surface area (Å²) in [5.74, 6) is 0.254. The first-order valence-electron chi connectivity index (χ1n) is 9.69. The van der Waals surface area contributed by atoms with E-state index in [1.54, 1.807) is 18.2 Å². The molecule has 0 aliphatic carbocycles. The predicted octanol–water partition coefficient (Wildman–Crippen LogP) is 2.29. The largest absolute Gasteiger partial charge is 0.490 e. The molecule has 156 valence electrons. The second-order valence-electron chi connectivity index (χ2n) is 6.63. The van der Waals surface area contributed by atoms with E-state index < -0.39 is 5.97 Å². The molecule has 7 nitrogen and oxygen atoms in total. The molecule has 0 saturated carbocycles. The lowest BCUT2D eigenvalue weighted by Crippen LogP contribution is -2.33. The Labute approximate surface area is 173 Å². The fourth-order valence-corrected chi connectivity index (χ4v) is 2.96. The molecule has 0 bridgehead atoms. The number of aromatic amines is 1. The third kappa shape index (κ3) is 4.46. The fourth-order valence-electron chi connectivity index (χ4n) is 2.96. The molecule has 0 radical (unpaired) electrons. The highest BCUT2D eigenvalue weighted by atomic mass is 16.5. The number of hydrogen-bond acceptors (Lipinski definition) is 4. The highest BCUT2D eigenvalue weighted by molar-refractivity contribution is 5.87. The van der Waals surface area contributed by atoms with E-state index >= 15 is 0 Å². The van der Waals surface area contributed by atoms with E-state index in [0.29, 0.717) is 41.0 Å². The molecule has 0 fully saturated rings. The van der Waals surface area contributed by atoms with Gasteiger partial charge in [0.25, 0.3) is 5.56 Å². The Balaban J connectivity index is 2.02. The molecule has 0 unspecified atom stereocenters. The van der Waals surface area contributed by atoms with E-state index in [1.807, 2.05) is 32.0 Å². The fraction of sp³-hybridized carbons (Fsp3) is 0.217. The van der Waals surface area contributed by atoms with E-state index in [0.717, 1.165) is 12.0 Å². The van der Waals surface area contributed by atoms with Gasteiger partial charge in [0.2, 0.25) is 0 Å². The number of carboxylic acid groups (broad SMARTS) is 1. The number of aromatic carboxylic acids is 1. The van der Waals surface area contributed by atoms with Gasteiger partial charge >= 0.3 is 5.97 Å². The predicted molar refractivity (Wildman–Crippen MR) is 115 cm³/mol. The minimum atomic E-state index is -1.02. The molecule has 1 aromatic heterocycles. The summed E-state index contributed by atoms with van der Waals surface area (Å²) >= 11 is 0. The highest BCUT2D eigenvalue weighted by Gasteiger charge is 2.09. The first-order valence-corrected chi connectivity index (χ1v) is 9.69. The van der Waals surface area contributed by atoms with Gasteiger partial charge in [-0.3, -0.25) is 9.89 Å². The van der Waals surface area contributed by atoms with Gasteiger partial charge in [0, 0.05) is 0 Å². The van der Waals surface area contributed by atoms with Crippen LogP contribution in [0.25, 0.3) is 18.3 Å². The molecular weight excluding hydrogens is 384 g/mol. The van der Waals surface area contributed by atoms with Crippen molar-refractivity contribution in [1.29, 1.82) is 0 Å². The van der Waals surface area contributed by atoms with Crippen molar-refractivity contribution in [2.75, 3.05) is 13.2 Å². The molecule has 0 aliphatic rings. The Kier molecular flexibility index (Phi) is 6.41. The summed E-state index contributed by atoms with van der Waals surface area (Å²) in [6, 6.07) is 11.5. The van der Waals surface area contributed by atoms with Gasteiger partial charge in [-0.15, -0.1) is 0 Å². The third-order valence-electron chi connectivity index (χ3n) is 4.42. The van der Waals surface area contributed by atoms with Gasteiger partial charge < -0.3 is 14.6 Å². The van der Waals surface area contributed by atoms with E-state index in [-0.39, 0.29) is 11.1 Å². The van der Waals surface area contributed by atoms with E-state index in [2.05, 4.69) is 11.7 Å². The second-order valence-corrected chi connectivity index (χ2v) is 6.63. The number of carboxylic acids is 1. The number of nitrogens with one attached hydrogen (secondary N) is 1. The molecule has 0 spiro atoms. The maximum absolute atomic E-state index is 12.9.